The van der Waals surface area contributed by atoms with Crippen LogP contribution in [0.5, 0.6) is 0 Å². The Bertz CT molecular complexity index is 469. The van der Waals surface area contributed by atoms with Gasteiger partial charge in [0.05, 0.1) is 12.1 Å². The van der Waals surface area contributed by atoms with Crippen LogP contribution in [0.15, 0.2) is 6.07 Å². The van der Waals surface area contributed by atoms with Gasteiger partial charge in [0.25, 0.3) is 0 Å². The zero-order chi connectivity index (χ0) is 12.0. The second-order valence-corrected chi connectivity index (χ2v) is 4.36. The number of hydrogen-bond donors (Lipinski definition) is 0. The highest BCUT2D eigenvalue weighted by atomic mass is 19.2. The molecule has 86 valence electrons. The van der Waals surface area contributed by atoms with Crippen LogP contribution >= 0.6 is 0 Å². The standard InChI is InChI=1S/C12H13F2NO/c1-6(2)15-9(16)5-8-4-7(3)10(13)11(14)12(8)15/h4,6H,5H2,1-3H3. The van der Waals surface area contributed by atoms with Crippen molar-refractivity contribution in [3.63, 3.8) is 0 Å². The molecule has 0 saturated carbocycles. The van der Waals surface area contributed by atoms with Crippen molar-refractivity contribution in [2.45, 2.75) is 33.2 Å². The van der Waals surface area contributed by atoms with E-state index in [2.05, 4.69) is 0 Å². The van der Waals surface area contributed by atoms with Gasteiger partial charge < -0.3 is 4.90 Å². The predicted octanol–water partition coefficient (Wildman–Crippen LogP) is 2.57. The molecule has 1 aromatic carbocycles. The maximum Gasteiger partial charge on any atom is 0.231 e. The fourth-order valence-corrected chi connectivity index (χ4v) is 2.13. The lowest BCUT2D eigenvalue weighted by molar-refractivity contribution is -0.117. The number of anilines is 1. The lowest BCUT2D eigenvalue weighted by Crippen LogP contribution is -2.34. The van der Waals surface area contributed by atoms with E-state index < -0.39 is 11.6 Å². The van der Waals surface area contributed by atoms with E-state index in [1.54, 1.807) is 19.9 Å². The first-order chi connectivity index (χ1) is 7.43. The molecule has 2 nitrogen and oxygen atoms in total. The number of carbonyl (C=O) groups excluding carboxylic acids is 1. The molecule has 0 radical (unpaired) electrons. The number of rotatable bonds is 1. The zero-order valence-electron chi connectivity index (χ0n) is 9.47. The van der Waals surface area contributed by atoms with Gasteiger partial charge in [0.1, 0.15) is 0 Å². The Morgan fingerprint density at radius 2 is 1.94 bits per heavy atom. The number of aryl methyl sites for hydroxylation is 1. The Morgan fingerprint density at radius 1 is 1.31 bits per heavy atom. The molecule has 0 aliphatic carbocycles. The van der Waals surface area contributed by atoms with E-state index in [1.165, 1.54) is 11.8 Å². The van der Waals surface area contributed by atoms with Gasteiger partial charge in [-0.1, -0.05) is 6.07 Å². The minimum absolute atomic E-state index is 0.114. The second-order valence-electron chi connectivity index (χ2n) is 4.36. The summed E-state index contributed by atoms with van der Waals surface area (Å²) in [6, 6.07) is 1.39. The average molecular weight is 225 g/mol. The van der Waals surface area contributed by atoms with Crippen LogP contribution in [-0.2, 0) is 11.2 Å². The molecular formula is C12H13F2NO. The molecule has 0 atom stereocenters. The Hall–Kier alpha value is -1.45. The molecule has 2 rings (SSSR count). The van der Waals surface area contributed by atoms with Crippen molar-refractivity contribution in [1.29, 1.82) is 0 Å². The van der Waals surface area contributed by atoms with Crippen LogP contribution in [0.1, 0.15) is 25.0 Å². The monoisotopic (exact) mass is 225 g/mol. The number of nitrogens with zero attached hydrogens (tertiary/aromatic N) is 1. The molecular weight excluding hydrogens is 212 g/mol. The predicted molar refractivity (Wildman–Crippen MR) is 57.4 cm³/mol. The van der Waals surface area contributed by atoms with Gasteiger partial charge >= 0.3 is 0 Å². The molecule has 16 heavy (non-hydrogen) atoms. The number of halogens is 2. The largest absolute Gasteiger partial charge is 0.306 e. The van der Waals surface area contributed by atoms with Crippen molar-refractivity contribution < 1.29 is 13.6 Å². The van der Waals surface area contributed by atoms with Crippen molar-refractivity contribution in [3.8, 4) is 0 Å². The van der Waals surface area contributed by atoms with E-state index in [0.29, 0.717) is 5.56 Å². The van der Waals surface area contributed by atoms with Crippen molar-refractivity contribution in [2.75, 3.05) is 4.90 Å². The van der Waals surface area contributed by atoms with E-state index in [-0.39, 0.29) is 29.6 Å². The Balaban J connectivity index is 2.65. The van der Waals surface area contributed by atoms with Gasteiger partial charge in [0.2, 0.25) is 5.91 Å². The molecule has 1 amide bonds. The summed E-state index contributed by atoms with van der Waals surface area (Å²) in [6.07, 6.45) is 0.158. The Morgan fingerprint density at radius 3 is 2.50 bits per heavy atom. The van der Waals surface area contributed by atoms with Gasteiger partial charge in [-0.2, -0.15) is 0 Å². The van der Waals surface area contributed by atoms with Crippen molar-refractivity contribution in [2.24, 2.45) is 0 Å². The Kier molecular flexibility index (Phi) is 2.45. The molecule has 1 aliphatic heterocycles. The van der Waals surface area contributed by atoms with Crippen LogP contribution in [0.2, 0.25) is 0 Å². The molecule has 0 saturated heterocycles. The molecule has 1 heterocycles. The van der Waals surface area contributed by atoms with Crippen LogP contribution in [0, 0.1) is 18.6 Å². The summed E-state index contributed by atoms with van der Waals surface area (Å²) in [4.78, 5) is 13.0. The molecule has 0 bridgehead atoms. The summed E-state index contributed by atoms with van der Waals surface area (Å²) in [6.45, 7) is 5.07. The summed E-state index contributed by atoms with van der Waals surface area (Å²) in [5.41, 5.74) is 0.938. The second kappa shape index (κ2) is 3.54. The molecule has 1 aliphatic rings. The first-order valence-electron chi connectivity index (χ1n) is 5.23. The van der Waals surface area contributed by atoms with E-state index in [1.807, 2.05) is 0 Å². The fraction of sp³-hybridized carbons (Fsp3) is 0.417. The average Bonchev–Trinajstić information content (AvgIpc) is 2.51. The Labute approximate surface area is 92.9 Å². The summed E-state index contributed by atoms with van der Waals surface area (Å²) < 4.78 is 27.2. The number of amides is 1. The van der Waals surface area contributed by atoms with Crippen molar-refractivity contribution in [1.82, 2.24) is 0 Å². The minimum Gasteiger partial charge on any atom is -0.306 e. The maximum absolute atomic E-state index is 13.8. The quantitative estimate of drug-likeness (QED) is 0.719. The van der Waals surface area contributed by atoms with Crippen LogP contribution in [0.4, 0.5) is 14.5 Å². The smallest absolute Gasteiger partial charge is 0.231 e. The summed E-state index contributed by atoms with van der Waals surface area (Å²) in [5, 5.41) is 0. The van der Waals surface area contributed by atoms with Gasteiger partial charge in [-0.05, 0) is 31.9 Å². The third-order valence-corrected chi connectivity index (χ3v) is 2.81. The van der Waals surface area contributed by atoms with Crippen molar-refractivity contribution in [3.05, 3.63) is 28.8 Å². The summed E-state index contributed by atoms with van der Waals surface area (Å²) in [7, 11) is 0. The van der Waals surface area contributed by atoms with Crippen LogP contribution in [-0.4, -0.2) is 11.9 Å². The molecule has 4 heteroatoms. The third kappa shape index (κ3) is 1.40. The fourth-order valence-electron chi connectivity index (χ4n) is 2.13. The topological polar surface area (TPSA) is 20.3 Å². The van der Waals surface area contributed by atoms with Gasteiger partial charge in [0, 0.05) is 6.04 Å². The normalized spacial score (nSPS) is 14.9. The number of fused-ring (bicyclic) bond motifs is 1. The number of carbonyl (C=O) groups is 1. The molecule has 0 spiro atoms. The summed E-state index contributed by atoms with van der Waals surface area (Å²) in [5.74, 6) is -1.94. The van der Waals surface area contributed by atoms with E-state index in [0.717, 1.165) is 0 Å². The van der Waals surface area contributed by atoms with Gasteiger partial charge in [-0.15, -0.1) is 0 Å². The first kappa shape index (κ1) is 11.0. The van der Waals surface area contributed by atoms with Crippen molar-refractivity contribution >= 4 is 11.6 Å². The first-order valence-corrected chi connectivity index (χ1v) is 5.23. The molecule has 0 unspecified atom stereocenters. The number of benzene rings is 1. The highest BCUT2D eigenvalue weighted by Gasteiger charge is 2.34. The molecule has 0 aromatic heterocycles. The van der Waals surface area contributed by atoms with Crippen LogP contribution in [0.3, 0.4) is 0 Å². The lowest BCUT2D eigenvalue weighted by Gasteiger charge is -2.22. The highest BCUT2D eigenvalue weighted by Crippen LogP contribution is 2.35. The van der Waals surface area contributed by atoms with Gasteiger partial charge in [0.15, 0.2) is 11.6 Å². The van der Waals surface area contributed by atoms with Crippen LogP contribution < -0.4 is 4.90 Å². The highest BCUT2D eigenvalue weighted by molar-refractivity contribution is 6.02. The maximum atomic E-state index is 13.8. The molecule has 1 aromatic rings. The van der Waals surface area contributed by atoms with E-state index in [9.17, 15) is 13.6 Å². The van der Waals surface area contributed by atoms with Crippen LogP contribution in [0.25, 0.3) is 0 Å². The molecule has 0 fully saturated rings. The number of hydrogen-bond acceptors (Lipinski definition) is 1. The zero-order valence-corrected chi connectivity index (χ0v) is 9.47. The van der Waals surface area contributed by atoms with E-state index >= 15 is 0 Å². The SMILES string of the molecule is Cc1cc2c(c(F)c1F)N(C(C)C)C(=O)C2. The molecule has 0 N–H and O–H groups in total. The lowest BCUT2D eigenvalue weighted by atomic mass is 10.1. The van der Waals surface area contributed by atoms with Gasteiger partial charge in [-0.3, -0.25) is 4.79 Å². The van der Waals surface area contributed by atoms with E-state index in [4.69, 9.17) is 0 Å². The third-order valence-electron chi connectivity index (χ3n) is 2.81. The minimum atomic E-state index is -0.908. The summed E-state index contributed by atoms with van der Waals surface area (Å²) >= 11 is 0. The van der Waals surface area contributed by atoms with Gasteiger partial charge in [-0.25, -0.2) is 8.78 Å².